The molecule has 8 nitrogen and oxygen atoms in total. The Kier molecular flexibility index (Phi) is 5.39. The van der Waals surface area contributed by atoms with E-state index < -0.39 is 25.9 Å². The van der Waals surface area contributed by atoms with Crippen molar-refractivity contribution >= 4 is 60.1 Å². The topological polar surface area (TPSA) is 128 Å². The summed E-state index contributed by atoms with van der Waals surface area (Å²) in [5, 5.41) is 5.10. The third-order valence-electron chi connectivity index (χ3n) is 4.76. The smallest absolute Gasteiger partial charge is 0.266 e. The zero-order valence-corrected chi connectivity index (χ0v) is 18.6. The number of furan rings is 1. The zero-order valence-electron chi connectivity index (χ0n) is 15.3. The molecule has 1 atom stereocenters. The van der Waals surface area contributed by atoms with Gasteiger partial charge in [-0.05, 0) is 42.8 Å². The van der Waals surface area contributed by atoms with Crippen LogP contribution < -0.4 is 5.14 Å². The summed E-state index contributed by atoms with van der Waals surface area (Å²) in [6.07, 6.45) is 1.94. The Morgan fingerprint density at radius 2 is 1.90 bits per heavy atom. The van der Waals surface area contributed by atoms with E-state index in [4.69, 9.17) is 21.8 Å². The Morgan fingerprint density at radius 1 is 1.20 bits per heavy atom. The quantitative estimate of drug-likeness (QED) is 0.515. The maximum atomic E-state index is 12.8. The predicted octanol–water partition coefficient (Wildman–Crippen LogP) is 1.98. The summed E-state index contributed by atoms with van der Waals surface area (Å²) in [6.45, 7) is 0. The molecule has 2 aromatic rings. The highest BCUT2D eigenvalue weighted by molar-refractivity contribution is 8.26. The summed E-state index contributed by atoms with van der Waals surface area (Å²) in [5.41, 5.74) is 0.644. The van der Waals surface area contributed by atoms with Gasteiger partial charge in [-0.2, -0.15) is 0 Å². The van der Waals surface area contributed by atoms with E-state index in [1.807, 2.05) is 0 Å². The largest absolute Gasteiger partial charge is 0.457 e. The molecule has 0 unspecified atom stereocenters. The minimum Gasteiger partial charge on any atom is -0.457 e. The standard InChI is InChI=1S/C18H16N2O6S4/c19-30(24,25)14-4-1-11(2-5-14)15-6-3-13(26-15)9-16-17(21)20(18(27)28-16)12-7-8-29(22,23)10-12/h1-6,9,12H,7-8,10H2,(H2,19,24,25)/b16-9+/t12-/m0/s1. The van der Waals surface area contributed by atoms with Crippen LogP contribution in [0, 0.1) is 0 Å². The Morgan fingerprint density at radius 3 is 2.50 bits per heavy atom. The molecule has 0 bridgehead atoms. The number of thioether (sulfide) groups is 1. The van der Waals surface area contributed by atoms with Gasteiger partial charge in [0, 0.05) is 11.6 Å². The number of sulfone groups is 1. The second kappa shape index (κ2) is 7.61. The van der Waals surface area contributed by atoms with Gasteiger partial charge < -0.3 is 4.42 Å². The molecule has 0 aliphatic carbocycles. The summed E-state index contributed by atoms with van der Waals surface area (Å²) >= 11 is 6.40. The Hall–Kier alpha value is -1.99. The van der Waals surface area contributed by atoms with Crippen molar-refractivity contribution in [2.75, 3.05) is 11.5 Å². The zero-order chi connectivity index (χ0) is 21.7. The van der Waals surface area contributed by atoms with Gasteiger partial charge in [0.05, 0.1) is 27.3 Å². The van der Waals surface area contributed by atoms with Crippen molar-refractivity contribution in [2.45, 2.75) is 17.4 Å². The first-order valence-electron chi connectivity index (χ1n) is 8.74. The van der Waals surface area contributed by atoms with Gasteiger partial charge in [-0.15, -0.1) is 0 Å². The number of hydrogen-bond acceptors (Lipinski definition) is 8. The van der Waals surface area contributed by atoms with Crippen LogP contribution in [0.1, 0.15) is 12.2 Å². The van der Waals surface area contributed by atoms with Gasteiger partial charge in [0.2, 0.25) is 10.0 Å². The summed E-state index contributed by atoms with van der Waals surface area (Å²) in [7, 11) is -6.92. The van der Waals surface area contributed by atoms with Crippen LogP contribution in [0.4, 0.5) is 0 Å². The number of carbonyl (C=O) groups is 1. The lowest BCUT2D eigenvalue weighted by atomic mass is 10.2. The molecule has 0 saturated carbocycles. The lowest BCUT2D eigenvalue weighted by Gasteiger charge is -2.20. The van der Waals surface area contributed by atoms with Crippen molar-refractivity contribution in [3.8, 4) is 11.3 Å². The number of amides is 1. The van der Waals surface area contributed by atoms with E-state index in [0.717, 1.165) is 11.8 Å². The van der Waals surface area contributed by atoms with Gasteiger partial charge in [0.1, 0.15) is 15.8 Å². The minimum atomic E-state index is -3.78. The second-order valence-corrected chi connectivity index (χ2v) is 12.3. The number of nitrogens with two attached hydrogens (primary N) is 1. The van der Waals surface area contributed by atoms with Gasteiger partial charge in [0.25, 0.3) is 5.91 Å². The van der Waals surface area contributed by atoms with Gasteiger partial charge >= 0.3 is 0 Å². The van der Waals surface area contributed by atoms with Crippen LogP contribution in [0.3, 0.4) is 0 Å². The maximum Gasteiger partial charge on any atom is 0.266 e. The van der Waals surface area contributed by atoms with Crippen LogP contribution in [-0.2, 0) is 24.7 Å². The number of benzene rings is 1. The molecule has 2 N–H and O–H groups in total. The lowest BCUT2D eigenvalue weighted by molar-refractivity contribution is -0.123. The van der Waals surface area contributed by atoms with Crippen molar-refractivity contribution in [1.82, 2.24) is 4.90 Å². The van der Waals surface area contributed by atoms with Crippen LogP contribution in [-0.4, -0.2) is 49.5 Å². The first kappa shape index (κ1) is 21.2. The average molecular weight is 485 g/mol. The summed E-state index contributed by atoms with van der Waals surface area (Å²) in [5.74, 6) is 0.549. The van der Waals surface area contributed by atoms with Gasteiger partial charge in [-0.25, -0.2) is 22.0 Å². The summed E-state index contributed by atoms with van der Waals surface area (Å²) in [6, 6.07) is 8.85. The molecular weight excluding hydrogens is 468 g/mol. The number of primary sulfonamides is 1. The molecule has 12 heteroatoms. The number of thiocarbonyl (C=S) groups is 1. The number of sulfonamides is 1. The monoisotopic (exact) mass is 484 g/mol. The van der Waals surface area contributed by atoms with E-state index in [1.54, 1.807) is 30.3 Å². The van der Waals surface area contributed by atoms with Crippen LogP contribution in [0.5, 0.6) is 0 Å². The fourth-order valence-electron chi connectivity index (χ4n) is 3.30. The average Bonchev–Trinajstić information content (AvgIpc) is 3.33. The van der Waals surface area contributed by atoms with E-state index >= 15 is 0 Å². The molecule has 158 valence electrons. The van der Waals surface area contributed by atoms with Crippen LogP contribution >= 0.6 is 24.0 Å². The highest BCUT2D eigenvalue weighted by Gasteiger charge is 2.42. The van der Waals surface area contributed by atoms with E-state index in [9.17, 15) is 21.6 Å². The van der Waals surface area contributed by atoms with Crippen LogP contribution in [0.2, 0.25) is 0 Å². The molecule has 2 aliphatic rings. The molecule has 0 spiro atoms. The Labute approximate surface area is 183 Å². The maximum absolute atomic E-state index is 12.8. The SMILES string of the molecule is NS(=O)(=O)c1ccc(-c2ccc(/C=C3/SC(=S)N([C@H]4CCS(=O)(=O)C4)C3=O)o2)cc1. The molecule has 1 aromatic heterocycles. The first-order chi connectivity index (χ1) is 14.0. The molecule has 1 amide bonds. The van der Waals surface area contributed by atoms with E-state index in [1.165, 1.54) is 17.0 Å². The lowest BCUT2D eigenvalue weighted by Crippen LogP contribution is -2.39. The molecule has 2 fully saturated rings. The fourth-order valence-corrected chi connectivity index (χ4v) is 6.89. The van der Waals surface area contributed by atoms with Crippen molar-refractivity contribution in [3.63, 3.8) is 0 Å². The molecular formula is C18H16N2O6S4. The Bertz CT molecular complexity index is 1280. The molecule has 4 rings (SSSR count). The van der Waals surface area contributed by atoms with Crippen LogP contribution in [0.15, 0.2) is 50.6 Å². The van der Waals surface area contributed by atoms with Gasteiger partial charge in [-0.1, -0.05) is 24.0 Å². The number of rotatable bonds is 4. The molecule has 2 aliphatic heterocycles. The van der Waals surface area contributed by atoms with Crippen molar-refractivity contribution < 1.29 is 26.0 Å². The predicted molar refractivity (Wildman–Crippen MR) is 118 cm³/mol. The highest BCUT2D eigenvalue weighted by atomic mass is 32.2. The van der Waals surface area contributed by atoms with E-state index in [0.29, 0.717) is 32.7 Å². The van der Waals surface area contributed by atoms with Crippen LogP contribution in [0.25, 0.3) is 17.4 Å². The molecule has 0 radical (unpaired) electrons. The van der Waals surface area contributed by atoms with Crippen molar-refractivity contribution in [2.24, 2.45) is 5.14 Å². The first-order valence-corrected chi connectivity index (χ1v) is 13.3. The van der Waals surface area contributed by atoms with Crippen molar-refractivity contribution in [1.29, 1.82) is 0 Å². The number of nitrogens with zero attached hydrogens (tertiary/aromatic N) is 1. The highest BCUT2D eigenvalue weighted by Crippen LogP contribution is 2.37. The fraction of sp³-hybridized carbons (Fsp3) is 0.222. The second-order valence-electron chi connectivity index (χ2n) is 6.88. The molecule has 3 heterocycles. The molecule has 30 heavy (non-hydrogen) atoms. The third kappa shape index (κ3) is 4.23. The molecule has 1 aromatic carbocycles. The Balaban J connectivity index is 1.54. The molecule has 2 saturated heterocycles. The minimum absolute atomic E-state index is 0.00405. The van der Waals surface area contributed by atoms with Gasteiger partial charge in [-0.3, -0.25) is 9.69 Å². The third-order valence-corrected chi connectivity index (χ3v) is 8.77. The van der Waals surface area contributed by atoms with Gasteiger partial charge in [0.15, 0.2) is 9.84 Å². The van der Waals surface area contributed by atoms with E-state index in [-0.39, 0.29) is 22.3 Å². The number of carbonyl (C=O) groups excluding carboxylic acids is 1. The van der Waals surface area contributed by atoms with Crippen molar-refractivity contribution in [3.05, 3.63) is 47.1 Å². The normalized spacial score (nSPS) is 22.9. The summed E-state index contributed by atoms with van der Waals surface area (Å²) < 4.78 is 52.3. The van der Waals surface area contributed by atoms with E-state index in [2.05, 4.69) is 0 Å². The summed E-state index contributed by atoms with van der Waals surface area (Å²) in [4.78, 5) is 14.5. The number of hydrogen-bond donors (Lipinski definition) is 1.